The monoisotopic (exact) mass is 751 g/mol. The maximum absolute atomic E-state index is 6.36. The molecule has 2 N–H and O–H groups in total. The summed E-state index contributed by atoms with van der Waals surface area (Å²) in [5.41, 5.74) is 22.9. The molecule has 0 aliphatic heterocycles. The molecule has 0 bridgehead atoms. The van der Waals surface area contributed by atoms with Gasteiger partial charge >= 0.3 is 0 Å². The molecule has 0 heterocycles. The highest BCUT2D eigenvalue weighted by molar-refractivity contribution is 6.04. The van der Waals surface area contributed by atoms with Crippen LogP contribution in [0.1, 0.15) is 58.2 Å². The van der Waals surface area contributed by atoms with E-state index in [9.17, 15) is 0 Å². The van der Waals surface area contributed by atoms with E-state index in [1.165, 1.54) is 55.6 Å². The Morgan fingerprint density at radius 3 is 2.02 bits per heavy atom. The summed E-state index contributed by atoms with van der Waals surface area (Å²) in [4.78, 5) is 10.3. The van der Waals surface area contributed by atoms with E-state index in [4.69, 9.17) is 15.7 Å². The SMILES string of the molecule is Cc1ccc(C2(c3ccc(C)cc3)c3ccccc3-c3ccc(-c4cccc(-c5cccc(C(N=CC6C=CC=CC6)=NC(CN)C6=CCCC=C6)c5)c4)cc32)cc1. The number of nitrogens with two attached hydrogens (primary N) is 1. The maximum Gasteiger partial charge on any atom is 0.154 e. The number of amidine groups is 1. The second kappa shape index (κ2) is 16.2. The zero-order valence-electron chi connectivity index (χ0n) is 33.4. The minimum Gasteiger partial charge on any atom is -0.328 e. The molecule has 3 nitrogen and oxygen atoms in total. The topological polar surface area (TPSA) is 50.7 Å². The third kappa shape index (κ3) is 7.08. The smallest absolute Gasteiger partial charge is 0.154 e. The summed E-state index contributed by atoms with van der Waals surface area (Å²) >= 11 is 0. The number of hydrogen-bond donors (Lipinski definition) is 1. The second-order valence-corrected chi connectivity index (χ2v) is 15.8. The van der Waals surface area contributed by atoms with Crippen LogP contribution in [0.2, 0.25) is 0 Å². The highest BCUT2D eigenvalue weighted by Gasteiger charge is 2.46. The van der Waals surface area contributed by atoms with Crippen LogP contribution in [0.5, 0.6) is 0 Å². The Balaban J connectivity index is 1.13. The standard InChI is InChI=1S/C55H49N3/c1-38-23-28-47(29-24-38)55(48-30-25-39(2)26-31-48)51-22-10-9-21-49(51)50-32-27-45(35-52(50)55)43-18-11-17-42(33-43)44-19-12-20-46(34-44)54(57-37-40-13-5-3-6-14-40)58-53(36-56)41-15-7-4-8-16-41/h3,5-7,9-13,15-35,37,40,53H,4,8,14,36,56H2,1-2H3. The van der Waals surface area contributed by atoms with Gasteiger partial charge in [0.2, 0.25) is 0 Å². The van der Waals surface area contributed by atoms with E-state index in [1.807, 2.05) is 6.21 Å². The Morgan fingerprint density at radius 1 is 0.672 bits per heavy atom. The van der Waals surface area contributed by atoms with Crippen LogP contribution in [0.25, 0.3) is 33.4 Å². The van der Waals surface area contributed by atoms with Crippen LogP contribution in [0.3, 0.4) is 0 Å². The van der Waals surface area contributed by atoms with Crippen LogP contribution >= 0.6 is 0 Å². The molecule has 0 saturated carbocycles. The van der Waals surface area contributed by atoms with Gasteiger partial charge in [-0.05, 0) is 113 Å². The average Bonchev–Trinajstić information content (AvgIpc) is 3.58. The molecule has 0 fully saturated rings. The normalized spacial score (nSPS) is 17.3. The lowest BCUT2D eigenvalue weighted by Gasteiger charge is -2.34. The summed E-state index contributed by atoms with van der Waals surface area (Å²) in [5.74, 6) is 0.939. The molecule has 3 aliphatic rings. The molecule has 0 spiro atoms. The van der Waals surface area contributed by atoms with Crippen LogP contribution in [-0.4, -0.2) is 24.6 Å². The van der Waals surface area contributed by atoms with Gasteiger partial charge in [0.05, 0.1) is 11.5 Å². The summed E-state index contributed by atoms with van der Waals surface area (Å²) in [6.45, 7) is 4.75. The van der Waals surface area contributed by atoms with Crippen LogP contribution in [0, 0.1) is 19.8 Å². The highest BCUT2D eigenvalue weighted by atomic mass is 15.0. The molecule has 0 aromatic heterocycles. The zero-order chi connectivity index (χ0) is 39.5. The fourth-order valence-electron chi connectivity index (χ4n) is 8.92. The number of aryl methyl sites for hydroxylation is 2. The maximum atomic E-state index is 6.36. The Hall–Kier alpha value is -6.42. The number of nitrogens with zero attached hydrogens (tertiary/aromatic N) is 2. The summed E-state index contributed by atoms with van der Waals surface area (Å²) < 4.78 is 0. The van der Waals surface area contributed by atoms with Gasteiger partial charge in [0.1, 0.15) is 0 Å². The van der Waals surface area contributed by atoms with Crippen LogP contribution in [0.4, 0.5) is 0 Å². The van der Waals surface area contributed by atoms with Gasteiger partial charge in [-0.2, -0.15) is 0 Å². The number of hydrogen-bond acceptors (Lipinski definition) is 2. The second-order valence-electron chi connectivity index (χ2n) is 15.8. The molecule has 0 amide bonds. The first-order valence-electron chi connectivity index (χ1n) is 20.6. The lowest BCUT2D eigenvalue weighted by molar-refractivity contribution is 0.768. The predicted octanol–water partition coefficient (Wildman–Crippen LogP) is 12.6. The van der Waals surface area contributed by atoms with Gasteiger partial charge in [-0.3, -0.25) is 4.99 Å². The van der Waals surface area contributed by atoms with E-state index >= 15 is 0 Å². The van der Waals surface area contributed by atoms with Crippen molar-refractivity contribution >= 4 is 12.1 Å². The fourth-order valence-corrected chi connectivity index (χ4v) is 8.92. The van der Waals surface area contributed by atoms with Gasteiger partial charge in [0.25, 0.3) is 0 Å². The molecule has 284 valence electrons. The number of fused-ring (bicyclic) bond motifs is 3. The van der Waals surface area contributed by atoms with Crippen molar-refractivity contribution in [1.82, 2.24) is 0 Å². The fraction of sp³-hybridized carbons (Fsp3) is 0.164. The molecule has 3 aliphatic carbocycles. The minimum atomic E-state index is -0.458. The van der Waals surface area contributed by atoms with Gasteiger partial charge in [0, 0.05) is 24.2 Å². The summed E-state index contributed by atoms with van der Waals surface area (Å²) in [5, 5.41) is 0. The van der Waals surface area contributed by atoms with Crippen molar-refractivity contribution in [2.24, 2.45) is 21.6 Å². The number of allylic oxidation sites excluding steroid dienone is 6. The molecule has 6 aromatic rings. The van der Waals surface area contributed by atoms with Gasteiger partial charge in [-0.1, -0.05) is 175 Å². The molecule has 6 aromatic carbocycles. The van der Waals surface area contributed by atoms with E-state index in [0.29, 0.717) is 12.4 Å². The quantitative estimate of drug-likeness (QED) is 0.116. The first-order valence-corrected chi connectivity index (χ1v) is 20.6. The van der Waals surface area contributed by atoms with Gasteiger partial charge < -0.3 is 5.73 Å². The molecular weight excluding hydrogens is 703 g/mol. The first kappa shape index (κ1) is 37.2. The molecule has 0 saturated heterocycles. The van der Waals surface area contributed by atoms with Crippen molar-refractivity contribution in [1.29, 1.82) is 0 Å². The van der Waals surface area contributed by atoms with Gasteiger partial charge in [0.15, 0.2) is 5.84 Å². The van der Waals surface area contributed by atoms with Crippen LogP contribution in [0.15, 0.2) is 198 Å². The Labute approximate surface area is 343 Å². The van der Waals surface area contributed by atoms with E-state index in [0.717, 1.165) is 41.5 Å². The van der Waals surface area contributed by atoms with Crippen molar-refractivity contribution in [3.63, 3.8) is 0 Å². The van der Waals surface area contributed by atoms with E-state index in [1.54, 1.807) is 0 Å². The third-order valence-electron chi connectivity index (χ3n) is 12.0. The summed E-state index contributed by atoms with van der Waals surface area (Å²) in [7, 11) is 0. The van der Waals surface area contributed by atoms with Crippen LogP contribution in [-0.2, 0) is 5.41 Å². The van der Waals surface area contributed by atoms with E-state index in [-0.39, 0.29) is 12.0 Å². The molecule has 2 atom stereocenters. The number of benzene rings is 6. The predicted molar refractivity (Wildman–Crippen MR) is 245 cm³/mol. The largest absolute Gasteiger partial charge is 0.328 e. The first-order chi connectivity index (χ1) is 28.5. The lowest BCUT2D eigenvalue weighted by Crippen LogP contribution is -2.28. The minimum absolute atomic E-state index is 0.157. The summed E-state index contributed by atoms with van der Waals surface area (Å²) in [6.07, 6.45) is 20.2. The number of rotatable bonds is 9. The van der Waals surface area contributed by atoms with E-state index < -0.39 is 5.41 Å². The molecule has 3 heteroatoms. The van der Waals surface area contributed by atoms with Crippen molar-refractivity contribution in [3.8, 4) is 33.4 Å². The van der Waals surface area contributed by atoms with Gasteiger partial charge in [-0.15, -0.1) is 0 Å². The van der Waals surface area contributed by atoms with Crippen LogP contribution < -0.4 is 5.73 Å². The Bertz CT molecular complexity index is 2600. The molecule has 58 heavy (non-hydrogen) atoms. The zero-order valence-corrected chi connectivity index (χ0v) is 33.4. The molecule has 9 rings (SSSR count). The number of aliphatic imine (C=N–C) groups is 2. The van der Waals surface area contributed by atoms with Crippen molar-refractivity contribution in [2.75, 3.05) is 6.54 Å². The summed E-state index contributed by atoms with van der Waals surface area (Å²) in [6, 6.07) is 51.8. The highest BCUT2D eigenvalue weighted by Crippen LogP contribution is 2.56. The van der Waals surface area contributed by atoms with E-state index in [2.05, 4.69) is 196 Å². The van der Waals surface area contributed by atoms with Gasteiger partial charge in [-0.25, -0.2) is 4.99 Å². The average molecular weight is 752 g/mol. The molecular formula is C55H49N3. The third-order valence-corrected chi connectivity index (χ3v) is 12.0. The lowest BCUT2D eigenvalue weighted by atomic mass is 9.67. The Kier molecular flexibility index (Phi) is 10.4. The van der Waals surface area contributed by atoms with Crippen molar-refractivity contribution in [3.05, 3.63) is 227 Å². The van der Waals surface area contributed by atoms with Crippen molar-refractivity contribution in [2.45, 2.75) is 44.6 Å². The van der Waals surface area contributed by atoms with Crippen molar-refractivity contribution < 1.29 is 0 Å². The Morgan fingerprint density at radius 2 is 1.34 bits per heavy atom. The molecule has 0 radical (unpaired) electrons. The molecule has 2 unspecified atom stereocenters.